The molecule has 18 heavy (non-hydrogen) atoms. The van der Waals surface area contributed by atoms with Crippen LogP contribution in [0.2, 0.25) is 5.02 Å². The highest BCUT2D eigenvalue weighted by Crippen LogP contribution is 2.30. The fourth-order valence-corrected chi connectivity index (χ4v) is 2.61. The fourth-order valence-electron chi connectivity index (χ4n) is 2.38. The first kappa shape index (κ1) is 11.4. The van der Waals surface area contributed by atoms with Gasteiger partial charge in [-0.1, -0.05) is 47.5 Å². The lowest BCUT2D eigenvalue weighted by Gasteiger charge is -2.04. The summed E-state index contributed by atoms with van der Waals surface area (Å²) in [4.78, 5) is 3.41. The van der Waals surface area contributed by atoms with Crippen LogP contribution in [0, 0.1) is 13.8 Å². The van der Waals surface area contributed by atoms with E-state index in [0.29, 0.717) is 0 Å². The maximum absolute atomic E-state index is 6.19. The summed E-state index contributed by atoms with van der Waals surface area (Å²) in [5.74, 6) is 0. The predicted molar refractivity (Wildman–Crippen MR) is 78.2 cm³/mol. The minimum atomic E-state index is 0.767. The van der Waals surface area contributed by atoms with Crippen LogP contribution in [0.15, 0.2) is 42.5 Å². The molecule has 2 aromatic carbocycles. The van der Waals surface area contributed by atoms with Gasteiger partial charge < -0.3 is 4.98 Å². The molecule has 90 valence electrons. The van der Waals surface area contributed by atoms with Gasteiger partial charge in [-0.25, -0.2) is 0 Å². The van der Waals surface area contributed by atoms with Crippen LogP contribution in [0.1, 0.15) is 11.1 Å². The van der Waals surface area contributed by atoms with Crippen molar-refractivity contribution in [1.29, 1.82) is 0 Å². The molecule has 0 spiro atoms. The Hall–Kier alpha value is -1.73. The molecule has 0 amide bonds. The van der Waals surface area contributed by atoms with Gasteiger partial charge in [-0.15, -0.1) is 0 Å². The minimum absolute atomic E-state index is 0.767. The van der Waals surface area contributed by atoms with Crippen molar-refractivity contribution in [3.8, 4) is 11.3 Å². The highest BCUT2D eigenvalue weighted by molar-refractivity contribution is 6.35. The Morgan fingerprint density at radius 1 is 1.00 bits per heavy atom. The highest BCUT2D eigenvalue weighted by Gasteiger charge is 2.07. The number of aryl methyl sites for hydroxylation is 2. The summed E-state index contributed by atoms with van der Waals surface area (Å²) in [5.41, 5.74) is 5.92. The lowest BCUT2D eigenvalue weighted by molar-refractivity contribution is 1.35. The van der Waals surface area contributed by atoms with Gasteiger partial charge in [-0.05, 0) is 31.5 Å². The molecule has 1 aromatic heterocycles. The lowest BCUT2D eigenvalue weighted by Crippen LogP contribution is -1.84. The first-order chi connectivity index (χ1) is 8.65. The summed E-state index contributed by atoms with van der Waals surface area (Å²) < 4.78 is 0. The van der Waals surface area contributed by atoms with Crippen molar-refractivity contribution in [2.24, 2.45) is 0 Å². The van der Waals surface area contributed by atoms with E-state index in [-0.39, 0.29) is 0 Å². The average molecular weight is 256 g/mol. The minimum Gasteiger partial charge on any atom is -0.353 e. The number of rotatable bonds is 1. The SMILES string of the molecule is Cc1ccc(-c2cc3cccc(Cl)c3[nH]2)c(C)c1. The molecule has 3 aromatic rings. The third-order valence-corrected chi connectivity index (χ3v) is 3.59. The van der Waals surface area contributed by atoms with Crippen molar-refractivity contribution in [3.63, 3.8) is 0 Å². The van der Waals surface area contributed by atoms with E-state index in [4.69, 9.17) is 11.6 Å². The van der Waals surface area contributed by atoms with Crippen molar-refractivity contribution in [3.05, 3.63) is 58.6 Å². The predicted octanol–water partition coefficient (Wildman–Crippen LogP) is 5.11. The first-order valence-corrected chi connectivity index (χ1v) is 6.38. The Labute approximate surface area is 111 Å². The number of para-hydroxylation sites is 1. The molecular formula is C16H14ClN. The van der Waals surface area contributed by atoms with Crippen molar-refractivity contribution in [1.82, 2.24) is 4.98 Å². The van der Waals surface area contributed by atoms with Crippen molar-refractivity contribution in [2.75, 3.05) is 0 Å². The summed E-state index contributed by atoms with van der Waals surface area (Å²) in [6.45, 7) is 4.24. The fraction of sp³-hybridized carbons (Fsp3) is 0.125. The van der Waals surface area contributed by atoms with Gasteiger partial charge in [0, 0.05) is 16.6 Å². The number of hydrogen-bond donors (Lipinski definition) is 1. The van der Waals surface area contributed by atoms with E-state index in [1.165, 1.54) is 16.7 Å². The second-order valence-corrected chi connectivity index (χ2v) is 5.11. The zero-order chi connectivity index (χ0) is 12.7. The Bertz CT molecular complexity index is 725. The molecule has 1 nitrogen and oxygen atoms in total. The summed E-state index contributed by atoms with van der Waals surface area (Å²) >= 11 is 6.19. The van der Waals surface area contributed by atoms with E-state index in [1.807, 2.05) is 12.1 Å². The molecule has 2 heteroatoms. The van der Waals surface area contributed by atoms with Gasteiger partial charge in [0.2, 0.25) is 0 Å². The molecule has 0 saturated heterocycles. The van der Waals surface area contributed by atoms with Gasteiger partial charge in [0.1, 0.15) is 0 Å². The number of aromatic amines is 1. The van der Waals surface area contributed by atoms with E-state index in [0.717, 1.165) is 21.6 Å². The lowest BCUT2D eigenvalue weighted by atomic mass is 10.0. The largest absolute Gasteiger partial charge is 0.353 e. The van der Waals surface area contributed by atoms with Crippen LogP contribution < -0.4 is 0 Å². The molecular weight excluding hydrogens is 242 g/mol. The van der Waals surface area contributed by atoms with Gasteiger partial charge in [0.25, 0.3) is 0 Å². The molecule has 0 unspecified atom stereocenters. The van der Waals surface area contributed by atoms with Crippen molar-refractivity contribution < 1.29 is 0 Å². The molecule has 0 aliphatic carbocycles. The maximum atomic E-state index is 6.19. The highest BCUT2D eigenvalue weighted by atomic mass is 35.5. The summed E-state index contributed by atoms with van der Waals surface area (Å²) in [6, 6.07) is 14.6. The average Bonchev–Trinajstić information content (AvgIpc) is 2.74. The molecule has 0 fully saturated rings. The van der Waals surface area contributed by atoms with Crippen LogP contribution in [0.3, 0.4) is 0 Å². The van der Waals surface area contributed by atoms with Crippen molar-refractivity contribution >= 4 is 22.5 Å². The normalized spacial score (nSPS) is 11.1. The van der Waals surface area contributed by atoms with E-state index < -0.39 is 0 Å². The van der Waals surface area contributed by atoms with Gasteiger partial charge in [-0.2, -0.15) is 0 Å². The number of nitrogens with one attached hydrogen (secondary N) is 1. The number of aromatic nitrogens is 1. The quantitative estimate of drug-likeness (QED) is 0.622. The van der Waals surface area contributed by atoms with E-state index in [2.05, 4.69) is 49.2 Å². The standard InChI is InChI=1S/C16H14ClN/c1-10-6-7-13(11(2)8-10)15-9-12-4-3-5-14(17)16(12)18-15/h3-9,18H,1-2H3. The van der Waals surface area contributed by atoms with Crippen LogP contribution in [-0.2, 0) is 0 Å². The molecule has 0 radical (unpaired) electrons. The van der Waals surface area contributed by atoms with Crippen LogP contribution in [0.5, 0.6) is 0 Å². The molecule has 0 saturated carbocycles. The number of H-pyrrole nitrogens is 1. The summed E-state index contributed by atoms with van der Waals surface area (Å²) in [5, 5.41) is 1.92. The molecule has 1 N–H and O–H groups in total. The smallest absolute Gasteiger partial charge is 0.0648 e. The molecule has 0 aliphatic rings. The summed E-state index contributed by atoms with van der Waals surface area (Å²) in [6.07, 6.45) is 0. The number of hydrogen-bond acceptors (Lipinski definition) is 0. The van der Waals surface area contributed by atoms with E-state index in [1.54, 1.807) is 0 Å². The van der Waals surface area contributed by atoms with E-state index in [9.17, 15) is 0 Å². The topological polar surface area (TPSA) is 15.8 Å². The van der Waals surface area contributed by atoms with Gasteiger partial charge >= 0.3 is 0 Å². The number of benzene rings is 2. The van der Waals surface area contributed by atoms with Gasteiger partial charge in [-0.3, -0.25) is 0 Å². The summed E-state index contributed by atoms with van der Waals surface area (Å²) in [7, 11) is 0. The molecule has 0 bridgehead atoms. The second kappa shape index (κ2) is 4.18. The molecule has 3 rings (SSSR count). The monoisotopic (exact) mass is 255 g/mol. The van der Waals surface area contributed by atoms with Crippen LogP contribution in [-0.4, -0.2) is 4.98 Å². The first-order valence-electron chi connectivity index (χ1n) is 6.00. The Morgan fingerprint density at radius 3 is 2.56 bits per heavy atom. The van der Waals surface area contributed by atoms with Crippen molar-refractivity contribution in [2.45, 2.75) is 13.8 Å². The third-order valence-electron chi connectivity index (χ3n) is 3.28. The third kappa shape index (κ3) is 1.81. The Morgan fingerprint density at radius 2 is 1.83 bits per heavy atom. The van der Waals surface area contributed by atoms with Gasteiger partial charge in [0.05, 0.1) is 10.5 Å². The van der Waals surface area contributed by atoms with Crippen LogP contribution >= 0.6 is 11.6 Å². The molecule has 0 atom stereocenters. The van der Waals surface area contributed by atoms with Crippen LogP contribution in [0.25, 0.3) is 22.2 Å². The number of fused-ring (bicyclic) bond motifs is 1. The Balaban J connectivity index is 2.23. The van der Waals surface area contributed by atoms with Gasteiger partial charge in [0.15, 0.2) is 0 Å². The number of halogens is 1. The molecule has 0 aliphatic heterocycles. The zero-order valence-corrected chi connectivity index (χ0v) is 11.2. The maximum Gasteiger partial charge on any atom is 0.0648 e. The van der Waals surface area contributed by atoms with Crippen LogP contribution in [0.4, 0.5) is 0 Å². The zero-order valence-electron chi connectivity index (χ0n) is 10.4. The van der Waals surface area contributed by atoms with E-state index >= 15 is 0 Å². The second-order valence-electron chi connectivity index (χ2n) is 4.71. The molecule has 1 heterocycles. The Kier molecular flexibility index (Phi) is 2.64.